The molecule has 9 heteroatoms. The van der Waals surface area contributed by atoms with Gasteiger partial charge in [-0.1, -0.05) is 11.6 Å². The molecule has 0 saturated carbocycles. The van der Waals surface area contributed by atoms with Gasteiger partial charge in [0, 0.05) is 24.7 Å². The van der Waals surface area contributed by atoms with Gasteiger partial charge < -0.3 is 19.5 Å². The molecule has 3 aromatic rings. The number of rotatable bonds is 8. The smallest absolute Gasteiger partial charge is 0.261 e. The molecule has 1 heterocycles. The Hall–Kier alpha value is -3.26. The van der Waals surface area contributed by atoms with Crippen molar-refractivity contribution in [1.29, 1.82) is 0 Å². The molecule has 30 heavy (non-hydrogen) atoms. The van der Waals surface area contributed by atoms with Crippen LogP contribution >= 0.6 is 11.6 Å². The van der Waals surface area contributed by atoms with E-state index in [1.807, 2.05) is 0 Å². The summed E-state index contributed by atoms with van der Waals surface area (Å²) >= 11 is 6.07. The lowest BCUT2D eigenvalue weighted by molar-refractivity contribution is -0.116. The third kappa shape index (κ3) is 4.65. The number of benzene rings is 2. The third-order valence-corrected chi connectivity index (χ3v) is 4.86. The Morgan fingerprint density at radius 3 is 2.43 bits per heavy atom. The third-order valence-electron chi connectivity index (χ3n) is 4.57. The monoisotopic (exact) mass is 431 g/mol. The molecule has 0 fully saturated rings. The second-order valence-corrected chi connectivity index (χ2v) is 6.88. The van der Waals surface area contributed by atoms with Crippen LogP contribution in [0.1, 0.15) is 12.8 Å². The first-order valence-corrected chi connectivity index (χ1v) is 9.59. The number of hydrogen-bond acceptors (Lipinski definition) is 6. The van der Waals surface area contributed by atoms with Gasteiger partial charge in [0.25, 0.3) is 5.56 Å². The van der Waals surface area contributed by atoms with Crippen LogP contribution in [0.15, 0.2) is 41.5 Å². The van der Waals surface area contributed by atoms with Crippen molar-refractivity contribution in [1.82, 2.24) is 9.55 Å². The normalized spacial score (nSPS) is 10.7. The van der Waals surface area contributed by atoms with Crippen molar-refractivity contribution in [2.75, 3.05) is 26.6 Å². The minimum Gasteiger partial charge on any atom is -0.495 e. The molecule has 0 saturated heterocycles. The summed E-state index contributed by atoms with van der Waals surface area (Å²) in [5.74, 6) is 1.32. The summed E-state index contributed by atoms with van der Waals surface area (Å²) in [6.07, 6.45) is 2.17. The van der Waals surface area contributed by atoms with Crippen LogP contribution in [0.3, 0.4) is 0 Å². The summed E-state index contributed by atoms with van der Waals surface area (Å²) in [6.45, 7) is 0.354. The molecule has 1 aromatic heterocycles. The summed E-state index contributed by atoms with van der Waals surface area (Å²) in [5, 5.41) is 3.62. The number of hydrogen-bond donors (Lipinski definition) is 1. The Balaban J connectivity index is 1.65. The zero-order valence-electron chi connectivity index (χ0n) is 16.9. The number of amides is 1. The van der Waals surface area contributed by atoms with Crippen LogP contribution in [-0.4, -0.2) is 36.8 Å². The predicted molar refractivity (Wildman–Crippen MR) is 115 cm³/mol. The quantitative estimate of drug-likeness (QED) is 0.587. The van der Waals surface area contributed by atoms with E-state index in [1.54, 1.807) is 30.3 Å². The van der Waals surface area contributed by atoms with E-state index in [0.717, 1.165) is 0 Å². The Morgan fingerprint density at radius 1 is 1.07 bits per heavy atom. The van der Waals surface area contributed by atoms with E-state index in [9.17, 15) is 9.59 Å². The maximum atomic E-state index is 12.8. The minimum absolute atomic E-state index is 0.176. The molecule has 0 bridgehead atoms. The lowest BCUT2D eigenvalue weighted by Gasteiger charge is -2.11. The zero-order chi connectivity index (χ0) is 21.7. The largest absolute Gasteiger partial charge is 0.495 e. The van der Waals surface area contributed by atoms with Gasteiger partial charge in [0.15, 0.2) is 11.5 Å². The number of aryl methyl sites for hydroxylation is 1. The Morgan fingerprint density at radius 2 is 1.77 bits per heavy atom. The first kappa shape index (κ1) is 21.4. The Labute approximate surface area is 178 Å². The molecule has 0 aliphatic carbocycles. The number of halogens is 1. The minimum atomic E-state index is -0.205. The van der Waals surface area contributed by atoms with Gasteiger partial charge in [-0.2, -0.15) is 0 Å². The van der Waals surface area contributed by atoms with E-state index >= 15 is 0 Å². The van der Waals surface area contributed by atoms with Gasteiger partial charge in [-0.25, -0.2) is 4.98 Å². The number of ether oxygens (including phenoxy) is 3. The molecule has 1 N–H and O–H groups in total. The van der Waals surface area contributed by atoms with E-state index in [2.05, 4.69) is 10.3 Å². The summed E-state index contributed by atoms with van der Waals surface area (Å²) < 4.78 is 17.1. The van der Waals surface area contributed by atoms with Crippen LogP contribution in [0.4, 0.5) is 5.69 Å². The summed E-state index contributed by atoms with van der Waals surface area (Å²) in [5.41, 5.74) is 0.891. The van der Waals surface area contributed by atoms with E-state index in [-0.39, 0.29) is 17.9 Å². The van der Waals surface area contributed by atoms with E-state index < -0.39 is 0 Å². The van der Waals surface area contributed by atoms with Gasteiger partial charge >= 0.3 is 0 Å². The van der Waals surface area contributed by atoms with Crippen LogP contribution in [0.5, 0.6) is 17.2 Å². The van der Waals surface area contributed by atoms with Crippen LogP contribution in [0, 0.1) is 0 Å². The fourth-order valence-electron chi connectivity index (χ4n) is 3.02. The topological polar surface area (TPSA) is 91.7 Å². The highest BCUT2D eigenvalue weighted by Gasteiger charge is 2.12. The van der Waals surface area contributed by atoms with E-state index in [1.165, 1.54) is 32.2 Å². The number of nitrogens with one attached hydrogen (secondary N) is 1. The predicted octanol–water partition coefficient (Wildman–Crippen LogP) is 3.49. The molecule has 3 rings (SSSR count). The second-order valence-electron chi connectivity index (χ2n) is 6.47. The zero-order valence-corrected chi connectivity index (χ0v) is 17.7. The van der Waals surface area contributed by atoms with Crippen LogP contribution < -0.4 is 25.1 Å². The number of anilines is 1. The maximum absolute atomic E-state index is 12.8. The first-order chi connectivity index (χ1) is 14.5. The highest BCUT2D eigenvalue weighted by Crippen LogP contribution is 2.30. The molecule has 158 valence electrons. The molecule has 2 aromatic carbocycles. The lowest BCUT2D eigenvalue weighted by Crippen LogP contribution is -2.22. The van der Waals surface area contributed by atoms with Gasteiger partial charge in [-0.05, 0) is 30.7 Å². The number of aromatic nitrogens is 2. The van der Waals surface area contributed by atoms with E-state index in [4.69, 9.17) is 25.8 Å². The molecule has 0 radical (unpaired) electrons. The molecule has 1 amide bonds. The molecule has 0 aliphatic heterocycles. The Kier molecular flexibility index (Phi) is 6.79. The van der Waals surface area contributed by atoms with Gasteiger partial charge in [0.05, 0.1) is 43.6 Å². The van der Waals surface area contributed by atoms with Crippen LogP contribution in [0.2, 0.25) is 5.02 Å². The molecule has 0 spiro atoms. The average Bonchev–Trinajstić information content (AvgIpc) is 2.74. The number of methoxy groups -OCH3 is 3. The van der Waals surface area contributed by atoms with E-state index in [0.29, 0.717) is 51.8 Å². The van der Waals surface area contributed by atoms with Crippen molar-refractivity contribution in [3.05, 3.63) is 52.0 Å². The molecule has 0 unspecified atom stereocenters. The highest BCUT2D eigenvalue weighted by molar-refractivity contribution is 6.32. The van der Waals surface area contributed by atoms with Gasteiger partial charge in [0.1, 0.15) is 5.75 Å². The molecule has 0 aliphatic rings. The summed E-state index contributed by atoms with van der Waals surface area (Å²) in [7, 11) is 4.55. The van der Waals surface area contributed by atoms with Crippen molar-refractivity contribution in [2.45, 2.75) is 19.4 Å². The van der Waals surface area contributed by atoms with Crippen molar-refractivity contribution in [3.63, 3.8) is 0 Å². The average molecular weight is 432 g/mol. The second kappa shape index (κ2) is 9.49. The van der Waals surface area contributed by atoms with Crippen molar-refractivity contribution in [3.8, 4) is 17.2 Å². The number of carbonyl (C=O) groups is 1. The van der Waals surface area contributed by atoms with Crippen molar-refractivity contribution < 1.29 is 19.0 Å². The fraction of sp³-hybridized carbons (Fsp3) is 0.286. The van der Waals surface area contributed by atoms with Crippen LogP contribution in [-0.2, 0) is 11.3 Å². The molecule has 0 atom stereocenters. The number of nitrogens with zero attached hydrogens (tertiary/aromatic N) is 2. The molecule has 8 nitrogen and oxygen atoms in total. The van der Waals surface area contributed by atoms with Crippen LogP contribution in [0.25, 0.3) is 10.9 Å². The standard InChI is InChI=1S/C21H22ClN3O5/c1-28-17-7-6-13(9-15(17)22)24-20(26)5-4-8-25-12-23-16-11-19(30-3)18(29-2)10-14(16)21(25)27/h6-7,9-12H,4-5,8H2,1-3H3,(H,24,26). The number of carbonyl (C=O) groups excluding carboxylic acids is 1. The van der Waals surface area contributed by atoms with Gasteiger partial charge in [-0.15, -0.1) is 0 Å². The molecular formula is C21H22ClN3O5. The summed E-state index contributed by atoms with van der Waals surface area (Å²) in [4.78, 5) is 29.3. The van der Waals surface area contributed by atoms with Crippen molar-refractivity contribution >= 4 is 34.1 Å². The summed E-state index contributed by atoms with van der Waals surface area (Å²) in [6, 6.07) is 8.29. The Bertz CT molecular complexity index is 1130. The van der Waals surface area contributed by atoms with Crippen molar-refractivity contribution in [2.24, 2.45) is 0 Å². The van der Waals surface area contributed by atoms with Gasteiger partial charge in [0.2, 0.25) is 5.91 Å². The first-order valence-electron chi connectivity index (χ1n) is 9.21. The SMILES string of the molecule is COc1ccc(NC(=O)CCCn2cnc3cc(OC)c(OC)cc3c2=O)cc1Cl. The maximum Gasteiger partial charge on any atom is 0.261 e. The fourth-order valence-corrected chi connectivity index (χ4v) is 3.28. The number of fused-ring (bicyclic) bond motifs is 1. The van der Waals surface area contributed by atoms with Gasteiger partial charge in [-0.3, -0.25) is 14.2 Å². The lowest BCUT2D eigenvalue weighted by atomic mass is 10.2. The molecular weight excluding hydrogens is 410 g/mol. The highest BCUT2D eigenvalue weighted by atomic mass is 35.5.